The molecule has 0 unspecified atom stereocenters. The van der Waals surface area contributed by atoms with Crippen LogP contribution in [-0.4, -0.2) is 60.9 Å². The Hall–Kier alpha value is -0.810. The lowest BCUT2D eigenvalue weighted by atomic mass is 9.91. The summed E-state index contributed by atoms with van der Waals surface area (Å²) in [4.78, 5) is 28.7. The topological polar surface area (TPSA) is 52.7 Å². The van der Waals surface area contributed by atoms with E-state index >= 15 is 0 Å². The molecule has 3 heterocycles. The molecule has 6 heteroatoms. The predicted octanol–water partition coefficient (Wildman–Crippen LogP) is 2.44. The lowest BCUT2D eigenvalue weighted by Gasteiger charge is -2.33. The van der Waals surface area contributed by atoms with Gasteiger partial charge in [0.15, 0.2) is 0 Å². The van der Waals surface area contributed by atoms with Gasteiger partial charge in [0, 0.05) is 39.0 Å². The Morgan fingerprint density at radius 3 is 2.04 bits per heavy atom. The van der Waals surface area contributed by atoms with E-state index in [9.17, 15) is 9.59 Å². The molecule has 0 aliphatic carbocycles. The molecular weight excluding hydrogens is 338 g/mol. The van der Waals surface area contributed by atoms with Crippen LogP contribution in [0.4, 0.5) is 0 Å². The lowest BCUT2D eigenvalue weighted by Crippen LogP contribution is -2.40. The molecule has 2 amide bonds. The summed E-state index contributed by atoms with van der Waals surface area (Å²) in [5.74, 6) is 1.87. The number of hydrogen-bond donors (Lipinski definition) is 1. The van der Waals surface area contributed by atoms with Crippen molar-refractivity contribution in [3.05, 3.63) is 0 Å². The number of nitrogens with zero attached hydrogens (tertiary/aromatic N) is 2. The lowest BCUT2D eigenvalue weighted by molar-refractivity contribution is -0.134. The Balaban J connectivity index is 0.00000225. The van der Waals surface area contributed by atoms with Crippen LogP contribution in [0.5, 0.6) is 0 Å². The number of rotatable bonds is 5. The highest BCUT2D eigenvalue weighted by Gasteiger charge is 2.27. The Morgan fingerprint density at radius 1 is 0.800 bits per heavy atom. The summed E-state index contributed by atoms with van der Waals surface area (Å²) in [6.07, 6.45) is 9.21. The fraction of sp³-hybridized carbons (Fsp3) is 0.895. The molecule has 0 aromatic carbocycles. The van der Waals surface area contributed by atoms with Crippen LogP contribution in [0.2, 0.25) is 0 Å². The molecular formula is C19H34ClN3O2. The van der Waals surface area contributed by atoms with Crippen molar-refractivity contribution < 1.29 is 9.59 Å². The van der Waals surface area contributed by atoms with Gasteiger partial charge in [-0.15, -0.1) is 12.4 Å². The molecule has 0 aromatic heterocycles. The second-order valence-corrected chi connectivity index (χ2v) is 7.85. The van der Waals surface area contributed by atoms with E-state index in [1.807, 2.05) is 9.80 Å². The molecule has 144 valence electrons. The highest BCUT2D eigenvalue weighted by molar-refractivity contribution is 5.85. The van der Waals surface area contributed by atoms with Gasteiger partial charge in [0.05, 0.1) is 0 Å². The van der Waals surface area contributed by atoms with Crippen LogP contribution < -0.4 is 5.32 Å². The van der Waals surface area contributed by atoms with Gasteiger partial charge < -0.3 is 15.1 Å². The summed E-state index contributed by atoms with van der Waals surface area (Å²) in [7, 11) is 0. The molecule has 0 saturated carbocycles. The zero-order valence-electron chi connectivity index (χ0n) is 15.4. The van der Waals surface area contributed by atoms with E-state index in [0.717, 1.165) is 77.3 Å². The van der Waals surface area contributed by atoms with Gasteiger partial charge in [-0.3, -0.25) is 9.59 Å². The average Bonchev–Trinajstić information content (AvgIpc) is 3.16. The smallest absolute Gasteiger partial charge is 0.222 e. The fourth-order valence-electron chi connectivity index (χ4n) is 4.39. The quantitative estimate of drug-likeness (QED) is 0.807. The van der Waals surface area contributed by atoms with Gasteiger partial charge in [-0.25, -0.2) is 0 Å². The first-order valence-corrected chi connectivity index (χ1v) is 9.98. The number of carbonyl (C=O) groups is 2. The highest BCUT2D eigenvalue weighted by atomic mass is 35.5. The molecule has 3 rings (SSSR count). The Bertz CT molecular complexity index is 426. The number of piperidine rings is 2. The van der Waals surface area contributed by atoms with Crippen LogP contribution in [0.25, 0.3) is 0 Å². The first-order chi connectivity index (χ1) is 11.7. The minimum absolute atomic E-state index is 0. The fourth-order valence-corrected chi connectivity index (χ4v) is 4.39. The number of likely N-dealkylation sites (tertiary alicyclic amines) is 2. The van der Waals surface area contributed by atoms with Gasteiger partial charge >= 0.3 is 0 Å². The van der Waals surface area contributed by atoms with Gasteiger partial charge in [-0.2, -0.15) is 0 Å². The summed E-state index contributed by atoms with van der Waals surface area (Å²) in [6.45, 7) is 5.82. The van der Waals surface area contributed by atoms with E-state index in [2.05, 4.69) is 5.32 Å². The molecule has 3 aliphatic heterocycles. The number of carbonyl (C=O) groups excluding carboxylic acids is 2. The summed E-state index contributed by atoms with van der Waals surface area (Å²) in [6, 6.07) is 0. The summed E-state index contributed by atoms with van der Waals surface area (Å²) in [5, 5.41) is 3.38. The van der Waals surface area contributed by atoms with Crippen molar-refractivity contribution in [1.29, 1.82) is 0 Å². The maximum absolute atomic E-state index is 12.4. The van der Waals surface area contributed by atoms with Crippen molar-refractivity contribution in [3.63, 3.8) is 0 Å². The van der Waals surface area contributed by atoms with E-state index in [-0.39, 0.29) is 12.4 Å². The maximum atomic E-state index is 12.4. The predicted molar refractivity (Wildman–Crippen MR) is 102 cm³/mol. The van der Waals surface area contributed by atoms with Crippen molar-refractivity contribution in [2.24, 2.45) is 11.8 Å². The SMILES string of the molecule is Cl.O=C(CCC1CCNCC1)N1CCC(CC(=O)N2CCCC2)CC1. The minimum atomic E-state index is 0. The molecule has 5 nitrogen and oxygen atoms in total. The zero-order chi connectivity index (χ0) is 16.8. The van der Waals surface area contributed by atoms with E-state index in [0.29, 0.717) is 30.6 Å². The molecule has 25 heavy (non-hydrogen) atoms. The zero-order valence-corrected chi connectivity index (χ0v) is 16.2. The second-order valence-electron chi connectivity index (χ2n) is 7.85. The van der Waals surface area contributed by atoms with Gasteiger partial charge in [0.1, 0.15) is 0 Å². The van der Waals surface area contributed by atoms with Crippen LogP contribution in [0, 0.1) is 11.8 Å². The summed E-state index contributed by atoms with van der Waals surface area (Å²) < 4.78 is 0. The van der Waals surface area contributed by atoms with Crippen molar-refractivity contribution >= 4 is 24.2 Å². The van der Waals surface area contributed by atoms with Crippen LogP contribution in [0.3, 0.4) is 0 Å². The molecule has 1 N–H and O–H groups in total. The van der Waals surface area contributed by atoms with Crippen LogP contribution in [-0.2, 0) is 9.59 Å². The van der Waals surface area contributed by atoms with Gasteiger partial charge in [0.2, 0.25) is 11.8 Å². The number of amides is 2. The number of halogens is 1. The van der Waals surface area contributed by atoms with Crippen molar-refractivity contribution in [3.8, 4) is 0 Å². The molecule has 0 aromatic rings. The third-order valence-corrected chi connectivity index (χ3v) is 6.11. The molecule has 3 saturated heterocycles. The second kappa shape index (κ2) is 10.4. The van der Waals surface area contributed by atoms with Gasteiger partial charge in [-0.1, -0.05) is 0 Å². The Labute approximate surface area is 158 Å². The van der Waals surface area contributed by atoms with Crippen LogP contribution in [0.1, 0.15) is 57.8 Å². The third kappa shape index (κ3) is 6.14. The van der Waals surface area contributed by atoms with Gasteiger partial charge in [0.25, 0.3) is 0 Å². The molecule has 3 fully saturated rings. The third-order valence-electron chi connectivity index (χ3n) is 6.11. The monoisotopic (exact) mass is 371 g/mol. The van der Waals surface area contributed by atoms with E-state index in [4.69, 9.17) is 0 Å². The number of nitrogens with one attached hydrogen (secondary N) is 1. The van der Waals surface area contributed by atoms with Crippen LogP contribution >= 0.6 is 12.4 Å². The molecule has 0 radical (unpaired) electrons. The van der Waals surface area contributed by atoms with E-state index in [1.165, 1.54) is 12.8 Å². The highest BCUT2D eigenvalue weighted by Crippen LogP contribution is 2.24. The van der Waals surface area contributed by atoms with Crippen molar-refractivity contribution in [1.82, 2.24) is 15.1 Å². The maximum Gasteiger partial charge on any atom is 0.222 e. The minimum Gasteiger partial charge on any atom is -0.343 e. The van der Waals surface area contributed by atoms with E-state index in [1.54, 1.807) is 0 Å². The Kier molecular flexibility index (Phi) is 8.50. The van der Waals surface area contributed by atoms with E-state index < -0.39 is 0 Å². The molecule has 0 bridgehead atoms. The first kappa shape index (κ1) is 20.5. The standard InChI is InChI=1S/C19H33N3O2.ClH/c23-18(4-3-16-5-9-20-10-6-16)22-13-7-17(8-14-22)15-19(24)21-11-1-2-12-21;/h16-17,20H,1-15H2;1H. The summed E-state index contributed by atoms with van der Waals surface area (Å²) >= 11 is 0. The largest absolute Gasteiger partial charge is 0.343 e. The van der Waals surface area contributed by atoms with Crippen molar-refractivity contribution in [2.75, 3.05) is 39.3 Å². The molecule has 3 aliphatic rings. The van der Waals surface area contributed by atoms with Crippen LogP contribution in [0.15, 0.2) is 0 Å². The number of hydrogen-bond acceptors (Lipinski definition) is 3. The molecule has 0 spiro atoms. The van der Waals surface area contributed by atoms with Gasteiger partial charge in [-0.05, 0) is 69.9 Å². The normalized spacial score (nSPS) is 22.7. The first-order valence-electron chi connectivity index (χ1n) is 9.98. The summed E-state index contributed by atoms with van der Waals surface area (Å²) in [5.41, 5.74) is 0. The van der Waals surface area contributed by atoms with Crippen molar-refractivity contribution in [2.45, 2.75) is 57.8 Å². The molecule has 0 atom stereocenters. The Morgan fingerprint density at radius 2 is 1.40 bits per heavy atom. The average molecular weight is 372 g/mol.